The van der Waals surface area contributed by atoms with Gasteiger partial charge in [0.1, 0.15) is 28.5 Å². The number of fused-ring (bicyclic) bond motifs is 2. The summed E-state index contributed by atoms with van der Waals surface area (Å²) in [6, 6.07) is 13.6. The van der Waals surface area contributed by atoms with Gasteiger partial charge in [-0.25, -0.2) is 17.2 Å². The molecular formula is C30H28F2N4O5S. The third kappa shape index (κ3) is 4.95. The van der Waals surface area contributed by atoms with Crippen molar-refractivity contribution in [2.24, 2.45) is 0 Å². The number of piperidine rings is 1. The number of aromatic nitrogens is 1. The molecule has 218 valence electrons. The van der Waals surface area contributed by atoms with Crippen LogP contribution in [0.4, 0.5) is 20.5 Å². The molecule has 0 spiro atoms. The first-order chi connectivity index (χ1) is 20.0. The van der Waals surface area contributed by atoms with Gasteiger partial charge >= 0.3 is 0 Å². The van der Waals surface area contributed by atoms with Crippen molar-refractivity contribution < 1.29 is 30.8 Å². The minimum atomic E-state index is -3.66. The molecule has 3 aromatic carbocycles. The molecule has 1 aliphatic heterocycles. The molecule has 0 aliphatic carbocycles. The fourth-order valence-electron chi connectivity index (χ4n) is 5.51. The van der Waals surface area contributed by atoms with Crippen LogP contribution in [0.2, 0.25) is 0 Å². The highest BCUT2D eigenvalue weighted by atomic mass is 32.2. The fraction of sp³-hybridized carbons (Fsp3) is 0.267. The maximum atomic E-state index is 13.8. The Hall–Kier alpha value is -4.45. The maximum Gasteiger partial charge on any atom is 0.298 e. The number of hydrogen-bond acceptors (Lipinski definition) is 7. The van der Waals surface area contributed by atoms with Gasteiger partial charge in [-0.1, -0.05) is 0 Å². The third-order valence-corrected chi connectivity index (χ3v) is 8.90. The van der Waals surface area contributed by atoms with E-state index in [-0.39, 0.29) is 17.2 Å². The zero-order valence-corrected chi connectivity index (χ0v) is 24.0. The summed E-state index contributed by atoms with van der Waals surface area (Å²) in [7, 11) is -0.684. The second-order valence-electron chi connectivity index (χ2n) is 10.4. The first-order valence-corrected chi connectivity index (χ1v) is 15.2. The summed E-state index contributed by atoms with van der Waals surface area (Å²) >= 11 is 0. The third-order valence-electron chi connectivity index (χ3n) is 7.70. The zero-order valence-electron chi connectivity index (χ0n) is 23.1. The fourth-order valence-corrected chi connectivity index (χ4v) is 6.03. The van der Waals surface area contributed by atoms with Crippen molar-refractivity contribution in [3.8, 4) is 11.3 Å². The Kier molecular flexibility index (Phi) is 6.88. The van der Waals surface area contributed by atoms with Crippen LogP contribution in [-0.2, 0) is 10.0 Å². The van der Waals surface area contributed by atoms with E-state index in [1.54, 1.807) is 6.07 Å². The topological polar surface area (TPSA) is 109 Å². The Labute approximate surface area is 240 Å². The molecular weight excluding hydrogens is 566 g/mol. The van der Waals surface area contributed by atoms with Gasteiger partial charge in [0.25, 0.3) is 11.9 Å². The number of halogens is 2. The number of anilines is 2. The summed E-state index contributed by atoms with van der Waals surface area (Å²) in [5.41, 5.74) is 3.08. The van der Waals surface area contributed by atoms with Crippen LogP contribution in [-0.4, -0.2) is 52.7 Å². The molecule has 9 nitrogen and oxygen atoms in total. The van der Waals surface area contributed by atoms with E-state index >= 15 is 0 Å². The second-order valence-corrected chi connectivity index (χ2v) is 12.4. The Morgan fingerprint density at radius 3 is 2.50 bits per heavy atom. The van der Waals surface area contributed by atoms with Gasteiger partial charge in [-0.3, -0.25) is 9.10 Å². The van der Waals surface area contributed by atoms with Crippen LogP contribution in [0.3, 0.4) is 0 Å². The molecule has 1 aliphatic rings. The molecule has 1 amide bonds. The number of rotatable bonds is 6. The molecule has 1 atom stereocenters. The molecule has 0 radical (unpaired) electrons. The van der Waals surface area contributed by atoms with Crippen molar-refractivity contribution in [2.75, 3.05) is 42.6 Å². The Balaban J connectivity index is 1.49. The number of hydrogen-bond donors (Lipinski definition) is 1. The maximum absolute atomic E-state index is 13.8. The number of furan rings is 1. The van der Waals surface area contributed by atoms with E-state index < -0.39 is 27.6 Å². The molecule has 0 unspecified atom stereocenters. The number of benzene rings is 3. The van der Waals surface area contributed by atoms with E-state index in [4.69, 9.17) is 8.83 Å². The molecule has 5 aromatic rings. The van der Waals surface area contributed by atoms with Gasteiger partial charge < -0.3 is 19.1 Å². The molecule has 1 fully saturated rings. The smallest absolute Gasteiger partial charge is 0.298 e. The minimum absolute atomic E-state index is 0.171. The summed E-state index contributed by atoms with van der Waals surface area (Å²) in [5.74, 6) is -1.16. The molecule has 1 saturated heterocycles. The van der Waals surface area contributed by atoms with Crippen molar-refractivity contribution in [3.05, 3.63) is 77.4 Å². The Morgan fingerprint density at radius 1 is 1.05 bits per heavy atom. The van der Waals surface area contributed by atoms with Crippen molar-refractivity contribution in [1.29, 1.82) is 0 Å². The summed E-state index contributed by atoms with van der Waals surface area (Å²) in [6.45, 7) is 1.10. The highest BCUT2D eigenvalue weighted by Crippen LogP contribution is 2.42. The highest BCUT2D eigenvalue weighted by molar-refractivity contribution is 7.92. The second kappa shape index (κ2) is 10.4. The average molecular weight is 595 g/mol. The molecule has 0 saturated carbocycles. The predicted molar refractivity (Wildman–Crippen MR) is 156 cm³/mol. The van der Waals surface area contributed by atoms with Crippen LogP contribution in [0.1, 0.15) is 34.7 Å². The minimum Gasteiger partial charge on any atom is -0.455 e. The van der Waals surface area contributed by atoms with Crippen molar-refractivity contribution in [1.82, 2.24) is 10.3 Å². The molecule has 6 rings (SSSR count). The lowest BCUT2D eigenvalue weighted by molar-refractivity contribution is 0.0964. The van der Waals surface area contributed by atoms with Gasteiger partial charge in [0, 0.05) is 56.2 Å². The zero-order chi connectivity index (χ0) is 29.8. The van der Waals surface area contributed by atoms with E-state index in [0.717, 1.165) is 19.1 Å². The lowest BCUT2D eigenvalue weighted by Crippen LogP contribution is -2.35. The van der Waals surface area contributed by atoms with E-state index in [2.05, 4.69) is 10.3 Å². The number of carbonyl (C=O) groups is 1. The summed E-state index contributed by atoms with van der Waals surface area (Å²) in [4.78, 5) is 19.6. The number of nitrogens with one attached hydrogen (secondary N) is 1. The molecule has 1 N–H and O–H groups in total. The van der Waals surface area contributed by atoms with Crippen LogP contribution in [0.25, 0.3) is 33.4 Å². The van der Waals surface area contributed by atoms with Gasteiger partial charge in [-0.2, -0.15) is 4.98 Å². The number of sulfonamides is 1. The standard InChI is InChI=1S/C30H28F2N4O5S/c1-33-29(37)27-22-14-21(18-5-4-12-36(16-18)30-34-23-13-20(32)10-11-25(23)41-30)24(35(2)42(3,38)39)15-26(22)40-28(27)17-6-8-19(31)9-7-17/h6-11,13-15,18H,4-5,12,16H2,1-3H3,(H,33,37)/t18-/m1/s1. The quantitative estimate of drug-likeness (QED) is 0.270. The molecule has 2 aromatic heterocycles. The first kappa shape index (κ1) is 27.7. The summed E-state index contributed by atoms with van der Waals surface area (Å²) in [6.07, 6.45) is 2.61. The van der Waals surface area contributed by atoms with E-state index in [0.29, 0.717) is 58.0 Å². The average Bonchev–Trinajstić information content (AvgIpc) is 3.56. The number of amides is 1. The summed E-state index contributed by atoms with van der Waals surface area (Å²) in [5, 5.41) is 3.16. The Morgan fingerprint density at radius 2 is 1.79 bits per heavy atom. The largest absolute Gasteiger partial charge is 0.455 e. The van der Waals surface area contributed by atoms with Crippen molar-refractivity contribution >= 4 is 49.7 Å². The van der Waals surface area contributed by atoms with Crippen molar-refractivity contribution in [3.63, 3.8) is 0 Å². The normalized spacial score (nSPS) is 15.8. The van der Waals surface area contributed by atoms with E-state index in [9.17, 15) is 22.0 Å². The van der Waals surface area contributed by atoms with E-state index in [1.807, 2.05) is 11.0 Å². The van der Waals surface area contributed by atoms with Gasteiger partial charge in [-0.05, 0) is 60.9 Å². The molecule has 0 bridgehead atoms. The molecule has 3 heterocycles. The van der Waals surface area contributed by atoms with Crippen LogP contribution in [0.15, 0.2) is 63.4 Å². The van der Waals surface area contributed by atoms with Gasteiger partial charge in [0.2, 0.25) is 10.0 Å². The SMILES string of the molecule is CNC(=O)c1c(-c2ccc(F)cc2)oc2cc(N(C)S(C)(=O)=O)c([C@@H]3CCCN(c4nc5cc(F)ccc5o4)C3)cc12. The van der Waals surface area contributed by atoms with Crippen molar-refractivity contribution in [2.45, 2.75) is 18.8 Å². The van der Waals surface area contributed by atoms with E-state index in [1.165, 1.54) is 60.9 Å². The number of oxazole rings is 1. The van der Waals surface area contributed by atoms with Crippen LogP contribution in [0, 0.1) is 11.6 Å². The monoisotopic (exact) mass is 594 g/mol. The predicted octanol–water partition coefficient (Wildman–Crippen LogP) is 5.66. The number of carbonyl (C=O) groups excluding carboxylic acids is 1. The molecule has 12 heteroatoms. The number of nitrogens with zero attached hydrogens (tertiary/aromatic N) is 3. The molecule has 42 heavy (non-hydrogen) atoms. The van der Waals surface area contributed by atoms with Gasteiger partial charge in [-0.15, -0.1) is 0 Å². The lowest BCUT2D eigenvalue weighted by atomic mass is 9.88. The lowest BCUT2D eigenvalue weighted by Gasteiger charge is -2.34. The highest BCUT2D eigenvalue weighted by Gasteiger charge is 2.31. The van der Waals surface area contributed by atoms with Crippen LogP contribution in [0.5, 0.6) is 0 Å². The Bertz CT molecular complexity index is 1930. The van der Waals surface area contributed by atoms with Gasteiger partial charge in [0.15, 0.2) is 5.58 Å². The van der Waals surface area contributed by atoms with Crippen LogP contribution >= 0.6 is 0 Å². The van der Waals surface area contributed by atoms with Crippen LogP contribution < -0.4 is 14.5 Å². The first-order valence-electron chi connectivity index (χ1n) is 13.4. The summed E-state index contributed by atoms with van der Waals surface area (Å²) < 4.78 is 66.2. The van der Waals surface area contributed by atoms with Gasteiger partial charge in [0.05, 0.1) is 17.5 Å².